The average Bonchev–Trinajstić information content (AvgIpc) is 2.99. The van der Waals surface area contributed by atoms with E-state index in [-0.39, 0.29) is 0 Å². The molecule has 5 nitrogen and oxygen atoms in total. The van der Waals surface area contributed by atoms with Gasteiger partial charge in [-0.05, 0) is 35.7 Å². The molecule has 0 unspecified atom stereocenters. The van der Waals surface area contributed by atoms with Gasteiger partial charge in [-0.2, -0.15) is 5.26 Å². The number of fused-ring (bicyclic) bond motifs is 2. The second-order valence-electron chi connectivity index (χ2n) is 6.18. The van der Waals surface area contributed by atoms with Crippen molar-refractivity contribution in [2.24, 2.45) is 0 Å². The van der Waals surface area contributed by atoms with Crippen LogP contribution in [0.1, 0.15) is 16.8 Å². The third kappa shape index (κ3) is 3.07. The molecule has 3 aromatic rings. The summed E-state index contributed by atoms with van der Waals surface area (Å²) in [6.45, 7) is 3.54. The highest BCUT2D eigenvalue weighted by Crippen LogP contribution is 2.25. The summed E-state index contributed by atoms with van der Waals surface area (Å²) in [6.07, 6.45) is 2.84. The van der Waals surface area contributed by atoms with Crippen molar-refractivity contribution in [3.63, 3.8) is 0 Å². The van der Waals surface area contributed by atoms with Crippen LogP contribution in [0.4, 0.5) is 5.82 Å². The standard InChI is InChI=1S/C19H18ClN5/c20-16-5-3-4-14-13-24(10-7-15(14)16)11-8-22-19-17(12-21)25-9-2-1-6-18(25)23-19/h1-6,9,22H,7-8,10-11,13H2. The Morgan fingerprint density at radius 2 is 2.16 bits per heavy atom. The molecule has 3 heterocycles. The molecule has 0 saturated carbocycles. The monoisotopic (exact) mass is 351 g/mol. The largest absolute Gasteiger partial charge is 0.366 e. The van der Waals surface area contributed by atoms with Gasteiger partial charge in [-0.1, -0.05) is 29.8 Å². The van der Waals surface area contributed by atoms with Crippen molar-refractivity contribution in [1.29, 1.82) is 5.26 Å². The highest BCUT2D eigenvalue weighted by atomic mass is 35.5. The Morgan fingerprint density at radius 1 is 1.24 bits per heavy atom. The van der Waals surface area contributed by atoms with E-state index in [1.165, 1.54) is 11.1 Å². The van der Waals surface area contributed by atoms with E-state index in [2.05, 4.69) is 27.3 Å². The molecular formula is C19H18ClN5. The first kappa shape index (κ1) is 15.9. The fourth-order valence-corrected chi connectivity index (χ4v) is 3.66. The number of anilines is 1. The van der Waals surface area contributed by atoms with Gasteiger partial charge in [0, 0.05) is 37.4 Å². The number of hydrogen-bond donors (Lipinski definition) is 1. The van der Waals surface area contributed by atoms with Crippen molar-refractivity contribution in [1.82, 2.24) is 14.3 Å². The van der Waals surface area contributed by atoms with Crippen molar-refractivity contribution in [3.8, 4) is 6.07 Å². The van der Waals surface area contributed by atoms with Gasteiger partial charge in [0.1, 0.15) is 11.7 Å². The molecule has 0 amide bonds. The van der Waals surface area contributed by atoms with Crippen LogP contribution in [0.5, 0.6) is 0 Å². The van der Waals surface area contributed by atoms with E-state index in [4.69, 9.17) is 11.6 Å². The molecule has 0 spiro atoms. The van der Waals surface area contributed by atoms with E-state index in [9.17, 15) is 5.26 Å². The number of nitrogens with one attached hydrogen (secondary N) is 1. The molecule has 4 rings (SSSR count). The first-order valence-corrected chi connectivity index (χ1v) is 8.74. The Morgan fingerprint density at radius 3 is 3.04 bits per heavy atom. The summed E-state index contributed by atoms with van der Waals surface area (Å²) in [5, 5.41) is 13.6. The zero-order chi connectivity index (χ0) is 17.2. The lowest BCUT2D eigenvalue weighted by Crippen LogP contribution is -2.34. The summed E-state index contributed by atoms with van der Waals surface area (Å²) < 4.78 is 1.81. The van der Waals surface area contributed by atoms with Gasteiger partial charge >= 0.3 is 0 Å². The van der Waals surface area contributed by atoms with Crippen molar-refractivity contribution in [2.45, 2.75) is 13.0 Å². The summed E-state index contributed by atoms with van der Waals surface area (Å²) in [6, 6.07) is 14.1. The molecule has 0 aliphatic carbocycles. The first-order valence-electron chi connectivity index (χ1n) is 8.36. The number of nitriles is 1. The Kier molecular flexibility index (Phi) is 4.31. The van der Waals surface area contributed by atoms with Crippen LogP contribution in [0.15, 0.2) is 42.6 Å². The van der Waals surface area contributed by atoms with Gasteiger partial charge < -0.3 is 5.32 Å². The maximum Gasteiger partial charge on any atom is 0.168 e. The maximum absolute atomic E-state index is 9.41. The zero-order valence-electron chi connectivity index (χ0n) is 13.7. The molecule has 1 aliphatic rings. The molecule has 0 atom stereocenters. The summed E-state index contributed by atoms with van der Waals surface area (Å²) >= 11 is 6.27. The number of pyridine rings is 1. The summed E-state index contributed by atoms with van der Waals surface area (Å²) in [4.78, 5) is 6.90. The van der Waals surface area contributed by atoms with Gasteiger partial charge in [-0.15, -0.1) is 0 Å². The normalized spacial score (nSPS) is 14.2. The topological polar surface area (TPSA) is 56.4 Å². The fourth-order valence-electron chi connectivity index (χ4n) is 3.37. The van der Waals surface area contributed by atoms with Crippen LogP contribution in [-0.2, 0) is 13.0 Å². The Labute approximate surface area is 151 Å². The molecule has 126 valence electrons. The van der Waals surface area contributed by atoms with Crippen molar-refractivity contribution < 1.29 is 0 Å². The molecule has 0 saturated heterocycles. The van der Waals surface area contributed by atoms with Gasteiger partial charge in [0.15, 0.2) is 11.5 Å². The second kappa shape index (κ2) is 6.75. The van der Waals surface area contributed by atoms with Gasteiger partial charge in [0.05, 0.1) is 0 Å². The zero-order valence-corrected chi connectivity index (χ0v) is 14.5. The van der Waals surface area contributed by atoms with E-state index in [0.717, 1.165) is 43.3 Å². The van der Waals surface area contributed by atoms with E-state index < -0.39 is 0 Å². The summed E-state index contributed by atoms with van der Waals surface area (Å²) in [5.74, 6) is 0.647. The first-order chi connectivity index (χ1) is 12.3. The van der Waals surface area contributed by atoms with Crippen LogP contribution in [-0.4, -0.2) is 33.9 Å². The fraction of sp³-hybridized carbons (Fsp3) is 0.263. The predicted molar refractivity (Wildman–Crippen MR) is 98.8 cm³/mol. The SMILES string of the molecule is N#Cc1c(NCCN2CCc3c(Cl)cccc3C2)nc2ccccn12. The number of benzene rings is 1. The third-order valence-corrected chi connectivity index (χ3v) is 5.00. The minimum Gasteiger partial charge on any atom is -0.366 e. The number of nitrogens with zero attached hydrogens (tertiary/aromatic N) is 4. The lowest BCUT2D eigenvalue weighted by molar-refractivity contribution is 0.264. The number of halogens is 1. The number of rotatable bonds is 4. The number of aromatic nitrogens is 2. The molecule has 25 heavy (non-hydrogen) atoms. The molecule has 6 heteroatoms. The lowest BCUT2D eigenvalue weighted by atomic mass is 10.00. The second-order valence-corrected chi connectivity index (χ2v) is 6.59. The van der Waals surface area contributed by atoms with Crippen LogP contribution in [0.2, 0.25) is 5.02 Å². The number of imidazole rings is 1. The predicted octanol–water partition coefficient (Wildman–Crippen LogP) is 3.33. The van der Waals surface area contributed by atoms with Gasteiger partial charge in [0.2, 0.25) is 0 Å². The molecule has 1 aliphatic heterocycles. The van der Waals surface area contributed by atoms with Gasteiger partial charge in [0.25, 0.3) is 0 Å². The van der Waals surface area contributed by atoms with E-state index in [1.54, 1.807) is 0 Å². The Hall–Kier alpha value is -2.55. The number of hydrogen-bond acceptors (Lipinski definition) is 4. The van der Waals surface area contributed by atoms with E-state index in [1.807, 2.05) is 40.9 Å². The lowest BCUT2D eigenvalue weighted by Gasteiger charge is -2.29. The van der Waals surface area contributed by atoms with Crippen molar-refractivity contribution in [2.75, 3.05) is 25.0 Å². The maximum atomic E-state index is 9.41. The van der Waals surface area contributed by atoms with Crippen LogP contribution in [0.3, 0.4) is 0 Å². The minimum absolute atomic E-state index is 0.548. The van der Waals surface area contributed by atoms with Crippen LogP contribution < -0.4 is 5.32 Å². The molecular weight excluding hydrogens is 334 g/mol. The molecule has 0 bridgehead atoms. The van der Waals surface area contributed by atoms with Crippen LogP contribution in [0.25, 0.3) is 5.65 Å². The van der Waals surface area contributed by atoms with Crippen molar-refractivity contribution in [3.05, 3.63) is 64.4 Å². The smallest absolute Gasteiger partial charge is 0.168 e. The Balaban J connectivity index is 1.41. The molecule has 2 aromatic heterocycles. The highest BCUT2D eigenvalue weighted by Gasteiger charge is 2.18. The third-order valence-electron chi connectivity index (χ3n) is 4.64. The Bertz CT molecular complexity index is 956. The summed E-state index contributed by atoms with van der Waals surface area (Å²) in [7, 11) is 0. The van der Waals surface area contributed by atoms with Crippen molar-refractivity contribution >= 4 is 23.1 Å². The van der Waals surface area contributed by atoms with Gasteiger partial charge in [-0.25, -0.2) is 4.98 Å². The van der Waals surface area contributed by atoms with Crippen LogP contribution in [0, 0.1) is 11.3 Å². The van der Waals surface area contributed by atoms with E-state index in [0.29, 0.717) is 11.5 Å². The minimum atomic E-state index is 0.548. The van der Waals surface area contributed by atoms with Gasteiger partial charge in [-0.3, -0.25) is 9.30 Å². The van der Waals surface area contributed by atoms with E-state index >= 15 is 0 Å². The summed E-state index contributed by atoms with van der Waals surface area (Å²) in [5.41, 5.74) is 3.92. The van der Waals surface area contributed by atoms with Crippen LogP contribution >= 0.6 is 11.6 Å². The molecule has 1 N–H and O–H groups in total. The quantitative estimate of drug-likeness (QED) is 0.783. The molecule has 0 radical (unpaired) electrons. The highest BCUT2D eigenvalue weighted by molar-refractivity contribution is 6.31. The average molecular weight is 352 g/mol. The molecule has 0 fully saturated rings. The molecule has 1 aromatic carbocycles.